The van der Waals surface area contributed by atoms with Crippen LogP contribution in [0.25, 0.3) is 0 Å². The monoisotopic (exact) mass is 249 g/mol. The van der Waals surface area contributed by atoms with Crippen molar-refractivity contribution < 1.29 is 9.53 Å². The molecule has 1 rings (SSSR count). The third-order valence-electron chi connectivity index (χ3n) is 2.43. The second-order valence-corrected chi connectivity index (χ2v) is 5.57. The van der Waals surface area contributed by atoms with E-state index in [-0.39, 0.29) is 11.4 Å². The van der Waals surface area contributed by atoms with Gasteiger partial charge in [0.2, 0.25) is 0 Å². The van der Waals surface area contributed by atoms with Crippen molar-refractivity contribution in [2.24, 2.45) is 0 Å². The molecule has 1 amide bonds. The van der Waals surface area contributed by atoms with E-state index in [1.54, 1.807) is 0 Å². The van der Waals surface area contributed by atoms with Crippen molar-refractivity contribution in [3.05, 3.63) is 29.8 Å². The molecule has 0 aliphatic heterocycles. The Hall–Kier alpha value is -1.51. The van der Waals surface area contributed by atoms with E-state index in [2.05, 4.69) is 5.32 Å². The van der Waals surface area contributed by atoms with Gasteiger partial charge in [-0.1, -0.05) is 19.1 Å². The third-order valence-corrected chi connectivity index (χ3v) is 2.43. The van der Waals surface area contributed by atoms with Gasteiger partial charge in [0.1, 0.15) is 5.75 Å². The van der Waals surface area contributed by atoms with Gasteiger partial charge >= 0.3 is 0 Å². The molecule has 1 N–H and O–H groups in total. The molecule has 0 fully saturated rings. The molecule has 0 unspecified atom stereocenters. The lowest BCUT2D eigenvalue weighted by Gasteiger charge is -2.25. The van der Waals surface area contributed by atoms with Crippen LogP contribution in [0.3, 0.4) is 0 Å². The van der Waals surface area contributed by atoms with E-state index in [4.69, 9.17) is 4.74 Å². The standard InChI is InChI=1S/C15H23NO2/c1-6-13(14(17)16-15(3,4)5)18-12-9-7-8-11(2)10-12/h7-10,13H,6H2,1-5H3,(H,16,17)/t13-/m0/s1. The van der Waals surface area contributed by atoms with Crippen LogP contribution in [0.2, 0.25) is 0 Å². The fraction of sp³-hybridized carbons (Fsp3) is 0.533. The summed E-state index contributed by atoms with van der Waals surface area (Å²) in [6.45, 7) is 9.84. The van der Waals surface area contributed by atoms with Crippen LogP contribution < -0.4 is 10.1 Å². The summed E-state index contributed by atoms with van der Waals surface area (Å²) >= 11 is 0. The minimum Gasteiger partial charge on any atom is -0.481 e. The average molecular weight is 249 g/mol. The summed E-state index contributed by atoms with van der Waals surface area (Å²) in [5, 5.41) is 2.94. The molecule has 0 saturated heterocycles. The second kappa shape index (κ2) is 5.89. The van der Waals surface area contributed by atoms with Crippen molar-refractivity contribution >= 4 is 5.91 Å². The van der Waals surface area contributed by atoms with Crippen molar-refractivity contribution in [1.29, 1.82) is 0 Å². The zero-order chi connectivity index (χ0) is 13.8. The molecule has 0 saturated carbocycles. The summed E-state index contributed by atoms with van der Waals surface area (Å²) in [5.41, 5.74) is 0.888. The number of benzene rings is 1. The van der Waals surface area contributed by atoms with Gasteiger partial charge in [0, 0.05) is 5.54 Å². The van der Waals surface area contributed by atoms with Crippen molar-refractivity contribution in [1.82, 2.24) is 5.32 Å². The van der Waals surface area contributed by atoms with Gasteiger partial charge in [0.25, 0.3) is 5.91 Å². The lowest BCUT2D eigenvalue weighted by molar-refractivity contribution is -0.129. The fourth-order valence-corrected chi connectivity index (χ4v) is 1.63. The second-order valence-electron chi connectivity index (χ2n) is 5.57. The number of carbonyl (C=O) groups excluding carboxylic acids is 1. The van der Waals surface area contributed by atoms with E-state index in [0.29, 0.717) is 6.42 Å². The minimum absolute atomic E-state index is 0.0634. The van der Waals surface area contributed by atoms with Gasteiger partial charge in [-0.25, -0.2) is 0 Å². The summed E-state index contributed by atoms with van der Waals surface area (Å²) in [6, 6.07) is 7.75. The SMILES string of the molecule is CC[C@H](Oc1cccc(C)c1)C(=O)NC(C)(C)C. The number of hydrogen-bond donors (Lipinski definition) is 1. The Morgan fingerprint density at radius 3 is 2.56 bits per heavy atom. The first-order valence-electron chi connectivity index (χ1n) is 6.37. The van der Waals surface area contributed by atoms with Gasteiger partial charge in [-0.05, 0) is 51.8 Å². The van der Waals surface area contributed by atoms with Crippen LogP contribution in [0.1, 0.15) is 39.7 Å². The Kier molecular flexibility index (Phi) is 4.76. The Morgan fingerprint density at radius 1 is 1.39 bits per heavy atom. The lowest BCUT2D eigenvalue weighted by atomic mass is 10.1. The number of carbonyl (C=O) groups is 1. The number of amides is 1. The van der Waals surface area contributed by atoms with Gasteiger partial charge in [0.05, 0.1) is 0 Å². The van der Waals surface area contributed by atoms with E-state index >= 15 is 0 Å². The zero-order valence-corrected chi connectivity index (χ0v) is 11.9. The van der Waals surface area contributed by atoms with Gasteiger partial charge in [-0.15, -0.1) is 0 Å². The van der Waals surface area contributed by atoms with Crippen LogP contribution in [0.4, 0.5) is 0 Å². The summed E-state index contributed by atoms with van der Waals surface area (Å²) < 4.78 is 5.74. The highest BCUT2D eigenvalue weighted by Crippen LogP contribution is 2.16. The molecule has 18 heavy (non-hydrogen) atoms. The van der Waals surface area contributed by atoms with Crippen LogP contribution in [-0.2, 0) is 4.79 Å². The number of aryl methyl sites for hydroxylation is 1. The Morgan fingerprint density at radius 2 is 2.06 bits per heavy atom. The predicted molar refractivity (Wildman–Crippen MR) is 73.8 cm³/mol. The van der Waals surface area contributed by atoms with Gasteiger partial charge < -0.3 is 10.1 Å². The van der Waals surface area contributed by atoms with Crippen molar-refractivity contribution in [3.8, 4) is 5.75 Å². The van der Waals surface area contributed by atoms with Crippen LogP contribution >= 0.6 is 0 Å². The highest BCUT2D eigenvalue weighted by Gasteiger charge is 2.22. The Bertz CT molecular complexity index is 407. The molecule has 3 heteroatoms. The molecule has 100 valence electrons. The molecule has 0 bridgehead atoms. The first kappa shape index (κ1) is 14.6. The first-order chi connectivity index (χ1) is 8.31. The molecule has 1 atom stereocenters. The summed E-state index contributed by atoms with van der Waals surface area (Å²) in [5.74, 6) is 0.678. The molecule has 0 aliphatic rings. The number of rotatable bonds is 4. The molecule has 0 aliphatic carbocycles. The molecule has 3 nitrogen and oxygen atoms in total. The highest BCUT2D eigenvalue weighted by molar-refractivity contribution is 5.81. The molecule has 0 radical (unpaired) electrons. The largest absolute Gasteiger partial charge is 0.481 e. The molecule has 1 aromatic carbocycles. The molecule has 1 aromatic rings. The quantitative estimate of drug-likeness (QED) is 0.890. The smallest absolute Gasteiger partial charge is 0.261 e. The Labute approximate surface area is 110 Å². The van der Waals surface area contributed by atoms with Crippen LogP contribution in [0.15, 0.2) is 24.3 Å². The molecular weight excluding hydrogens is 226 g/mol. The van der Waals surface area contributed by atoms with Crippen LogP contribution in [-0.4, -0.2) is 17.6 Å². The van der Waals surface area contributed by atoms with Crippen LogP contribution in [0, 0.1) is 6.92 Å². The summed E-state index contributed by atoms with van der Waals surface area (Å²) in [4.78, 5) is 12.0. The minimum atomic E-state index is -0.439. The molecule has 0 heterocycles. The zero-order valence-electron chi connectivity index (χ0n) is 11.9. The third kappa shape index (κ3) is 4.78. The lowest BCUT2D eigenvalue weighted by Crippen LogP contribution is -2.47. The molecule has 0 spiro atoms. The summed E-state index contributed by atoms with van der Waals surface area (Å²) in [6.07, 6.45) is 0.210. The highest BCUT2D eigenvalue weighted by atomic mass is 16.5. The van der Waals surface area contributed by atoms with Crippen LogP contribution in [0.5, 0.6) is 5.75 Å². The Balaban J connectivity index is 2.70. The molecular formula is C15H23NO2. The van der Waals surface area contributed by atoms with E-state index in [0.717, 1.165) is 11.3 Å². The van der Waals surface area contributed by atoms with E-state index in [1.165, 1.54) is 0 Å². The summed E-state index contributed by atoms with van der Waals surface area (Å²) in [7, 11) is 0. The van der Waals surface area contributed by atoms with Gasteiger partial charge in [-0.3, -0.25) is 4.79 Å². The first-order valence-corrected chi connectivity index (χ1v) is 6.37. The number of ether oxygens (including phenoxy) is 1. The fourth-order valence-electron chi connectivity index (χ4n) is 1.63. The van der Waals surface area contributed by atoms with Crippen molar-refractivity contribution in [3.63, 3.8) is 0 Å². The maximum atomic E-state index is 12.0. The van der Waals surface area contributed by atoms with E-state index < -0.39 is 6.10 Å². The van der Waals surface area contributed by atoms with E-state index in [9.17, 15) is 4.79 Å². The van der Waals surface area contributed by atoms with Gasteiger partial charge in [0.15, 0.2) is 6.10 Å². The molecule has 0 aromatic heterocycles. The maximum Gasteiger partial charge on any atom is 0.261 e. The predicted octanol–water partition coefficient (Wildman–Crippen LogP) is 3.07. The van der Waals surface area contributed by atoms with Gasteiger partial charge in [-0.2, -0.15) is 0 Å². The van der Waals surface area contributed by atoms with Crippen molar-refractivity contribution in [2.75, 3.05) is 0 Å². The van der Waals surface area contributed by atoms with Crippen molar-refractivity contribution in [2.45, 2.75) is 52.7 Å². The maximum absolute atomic E-state index is 12.0. The number of nitrogens with one attached hydrogen (secondary N) is 1. The normalized spacial score (nSPS) is 12.9. The number of hydrogen-bond acceptors (Lipinski definition) is 2. The van der Waals surface area contributed by atoms with E-state index in [1.807, 2.05) is 58.9 Å². The average Bonchev–Trinajstić information content (AvgIpc) is 2.23. The topological polar surface area (TPSA) is 38.3 Å².